The Balaban J connectivity index is 1.42. The Kier molecular flexibility index (Phi) is 6.98. The fraction of sp³-hybridized carbons (Fsp3) is 0.450. The molecule has 0 radical (unpaired) electrons. The number of aliphatic hydroxyl groups excluding tert-OH is 1. The Morgan fingerprint density at radius 1 is 1.41 bits per heavy atom. The molecule has 3 amide bonds. The number of benzene rings is 1. The smallest absolute Gasteiger partial charge is 0.315 e. The summed E-state index contributed by atoms with van der Waals surface area (Å²) in [6.45, 7) is 1.49. The zero-order chi connectivity index (χ0) is 20.8. The van der Waals surface area contributed by atoms with Crippen molar-refractivity contribution in [2.24, 2.45) is 0 Å². The lowest BCUT2D eigenvalue weighted by atomic mass is 10.1. The summed E-state index contributed by atoms with van der Waals surface area (Å²) in [7, 11) is 0. The molecule has 1 aromatic rings. The highest BCUT2D eigenvalue weighted by Crippen LogP contribution is 2.28. The van der Waals surface area contributed by atoms with Gasteiger partial charge in [-0.05, 0) is 49.1 Å². The van der Waals surface area contributed by atoms with Crippen molar-refractivity contribution in [3.8, 4) is 0 Å². The number of hydrogen-bond acceptors (Lipinski definition) is 5. The number of amides is 3. The second kappa shape index (κ2) is 9.65. The summed E-state index contributed by atoms with van der Waals surface area (Å²) in [4.78, 5) is 26.2. The van der Waals surface area contributed by atoms with Gasteiger partial charge in [0.15, 0.2) is 0 Å². The molecule has 2 atom stereocenters. The minimum atomic E-state index is -0.258. The molecule has 1 saturated heterocycles. The van der Waals surface area contributed by atoms with Crippen LogP contribution in [0.4, 0.5) is 10.5 Å². The van der Waals surface area contributed by atoms with Crippen LogP contribution in [0.5, 0.6) is 0 Å². The van der Waals surface area contributed by atoms with Gasteiger partial charge in [0.2, 0.25) is 5.91 Å². The first kappa shape index (κ1) is 21.0. The van der Waals surface area contributed by atoms with Gasteiger partial charge in [-0.15, -0.1) is 0 Å². The number of rotatable bonds is 6. The second-order valence-electron chi connectivity index (χ2n) is 7.38. The molecule has 2 aliphatic heterocycles. The van der Waals surface area contributed by atoms with Crippen molar-refractivity contribution in [1.29, 1.82) is 5.41 Å². The summed E-state index contributed by atoms with van der Waals surface area (Å²) < 4.78 is 0. The van der Waals surface area contributed by atoms with Crippen molar-refractivity contribution in [3.63, 3.8) is 0 Å². The van der Waals surface area contributed by atoms with Crippen LogP contribution in [0.15, 0.2) is 30.0 Å². The number of aliphatic hydroxyl groups is 1. The number of carbonyl (C=O) groups is 2. The van der Waals surface area contributed by atoms with Gasteiger partial charge in [-0.3, -0.25) is 4.79 Å². The predicted molar refractivity (Wildman–Crippen MR) is 113 cm³/mol. The Morgan fingerprint density at radius 2 is 2.24 bits per heavy atom. The molecule has 0 aliphatic carbocycles. The van der Waals surface area contributed by atoms with E-state index in [2.05, 4.69) is 16.0 Å². The van der Waals surface area contributed by atoms with Gasteiger partial charge in [0.1, 0.15) is 5.76 Å². The first-order valence-corrected chi connectivity index (χ1v) is 10.1. The van der Waals surface area contributed by atoms with Crippen molar-refractivity contribution in [1.82, 2.24) is 15.5 Å². The highest BCUT2D eigenvalue weighted by molar-refractivity contribution is 6.30. The van der Waals surface area contributed by atoms with Crippen LogP contribution in [-0.4, -0.2) is 59.9 Å². The summed E-state index contributed by atoms with van der Waals surface area (Å²) in [5.41, 5.74) is 2.19. The average Bonchev–Trinajstić information content (AvgIpc) is 3.08. The Morgan fingerprint density at radius 3 is 3.03 bits per heavy atom. The second-order valence-corrected chi connectivity index (χ2v) is 7.82. The molecule has 2 heterocycles. The van der Waals surface area contributed by atoms with Crippen LogP contribution in [0.3, 0.4) is 0 Å². The minimum absolute atomic E-state index is 0.113. The molecule has 1 fully saturated rings. The number of anilines is 1. The van der Waals surface area contributed by atoms with Gasteiger partial charge in [-0.2, -0.15) is 0 Å². The fourth-order valence-corrected chi connectivity index (χ4v) is 3.92. The molecule has 1 aromatic carbocycles. The molecule has 8 nitrogen and oxygen atoms in total. The number of urea groups is 1. The summed E-state index contributed by atoms with van der Waals surface area (Å²) in [5.74, 6) is -0.344. The van der Waals surface area contributed by atoms with E-state index in [-0.39, 0.29) is 36.2 Å². The van der Waals surface area contributed by atoms with Crippen LogP contribution in [0, 0.1) is 5.41 Å². The number of hydrogen-bond donors (Lipinski definition) is 5. The van der Waals surface area contributed by atoms with Crippen molar-refractivity contribution in [2.45, 2.75) is 37.8 Å². The van der Waals surface area contributed by atoms with Gasteiger partial charge in [-0.1, -0.05) is 11.6 Å². The summed E-state index contributed by atoms with van der Waals surface area (Å²) in [6.07, 6.45) is 4.38. The van der Waals surface area contributed by atoms with Gasteiger partial charge >= 0.3 is 6.03 Å². The normalized spacial score (nSPS) is 21.1. The lowest BCUT2D eigenvalue weighted by molar-refractivity contribution is -0.132. The van der Waals surface area contributed by atoms with E-state index < -0.39 is 0 Å². The van der Waals surface area contributed by atoms with E-state index >= 15 is 0 Å². The number of halogens is 1. The molecule has 9 heteroatoms. The molecule has 0 saturated carbocycles. The van der Waals surface area contributed by atoms with E-state index in [9.17, 15) is 14.7 Å². The van der Waals surface area contributed by atoms with E-state index in [1.807, 2.05) is 18.2 Å². The van der Waals surface area contributed by atoms with Crippen LogP contribution in [0.2, 0.25) is 5.02 Å². The topological polar surface area (TPSA) is 118 Å². The highest BCUT2D eigenvalue weighted by Gasteiger charge is 2.26. The standard InChI is InChI=1S/C20H26ClN5O3/c21-14-3-4-18-13(8-14)9-16(24-18)11-23-20(29)25-15-2-1-7-26(12-15)19(28)10-17(27)5-6-22/h3-6,8,15-16,22,24,27H,1-2,7,9-12H2,(H2,23,25,29)/b17-5-,22-6?/t15-,16?/m1/s1. The SMILES string of the molecule is N=C/C=C(\O)CC(=O)N1CCC[C@@H](NC(=O)NCC2Cc3cc(Cl)ccc3N2)C1. The molecule has 156 valence electrons. The molecule has 29 heavy (non-hydrogen) atoms. The Hall–Kier alpha value is -2.74. The molecule has 1 unspecified atom stereocenters. The van der Waals surface area contributed by atoms with Crippen molar-refractivity contribution in [2.75, 3.05) is 25.0 Å². The van der Waals surface area contributed by atoms with Crippen LogP contribution in [-0.2, 0) is 11.2 Å². The fourth-order valence-electron chi connectivity index (χ4n) is 3.73. The van der Waals surface area contributed by atoms with E-state index in [1.165, 1.54) is 6.08 Å². The number of fused-ring (bicyclic) bond motifs is 1. The molecule has 5 N–H and O–H groups in total. The van der Waals surface area contributed by atoms with Crippen molar-refractivity contribution >= 4 is 35.4 Å². The lowest BCUT2D eigenvalue weighted by Crippen LogP contribution is -2.52. The Labute approximate surface area is 174 Å². The van der Waals surface area contributed by atoms with Gasteiger partial charge in [-0.25, -0.2) is 4.79 Å². The molecule has 0 aromatic heterocycles. The van der Waals surface area contributed by atoms with Gasteiger partial charge in [0.25, 0.3) is 0 Å². The predicted octanol–water partition coefficient (Wildman–Crippen LogP) is 2.45. The number of nitrogens with one attached hydrogen (secondary N) is 4. The summed E-state index contributed by atoms with van der Waals surface area (Å²) in [6, 6.07) is 5.45. The number of allylic oxidation sites excluding steroid dienone is 1. The number of likely N-dealkylation sites (tertiary alicyclic amines) is 1. The third-order valence-corrected chi connectivity index (χ3v) is 5.35. The molecule has 2 aliphatic rings. The first-order chi connectivity index (χ1) is 13.9. The minimum Gasteiger partial charge on any atom is -0.512 e. The molecular formula is C20H26ClN5O3. The van der Waals surface area contributed by atoms with Crippen LogP contribution in [0.25, 0.3) is 0 Å². The third-order valence-electron chi connectivity index (χ3n) is 5.12. The van der Waals surface area contributed by atoms with Crippen molar-refractivity contribution in [3.05, 3.63) is 40.6 Å². The van der Waals surface area contributed by atoms with E-state index in [4.69, 9.17) is 17.0 Å². The van der Waals surface area contributed by atoms with Crippen LogP contribution >= 0.6 is 11.6 Å². The quantitative estimate of drug-likeness (QED) is 0.359. The number of nitrogens with zero attached hydrogens (tertiary/aromatic N) is 1. The zero-order valence-electron chi connectivity index (χ0n) is 16.1. The van der Waals surface area contributed by atoms with E-state index in [0.717, 1.165) is 36.7 Å². The zero-order valence-corrected chi connectivity index (χ0v) is 16.8. The molecule has 0 spiro atoms. The Bertz CT molecular complexity index is 813. The lowest BCUT2D eigenvalue weighted by Gasteiger charge is -2.33. The average molecular weight is 420 g/mol. The summed E-state index contributed by atoms with van der Waals surface area (Å²) in [5, 5.41) is 26.4. The molecule has 3 rings (SSSR count). The monoisotopic (exact) mass is 419 g/mol. The van der Waals surface area contributed by atoms with Crippen LogP contribution < -0.4 is 16.0 Å². The number of piperidine rings is 1. The maximum Gasteiger partial charge on any atom is 0.315 e. The highest BCUT2D eigenvalue weighted by atomic mass is 35.5. The van der Waals surface area contributed by atoms with E-state index in [0.29, 0.717) is 24.7 Å². The largest absolute Gasteiger partial charge is 0.512 e. The summed E-state index contributed by atoms with van der Waals surface area (Å²) >= 11 is 6.02. The third kappa shape index (κ3) is 5.87. The molecular weight excluding hydrogens is 394 g/mol. The van der Waals surface area contributed by atoms with E-state index in [1.54, 1.807) is 4.90 Å². The maximum atomic E-state index is 12.3. The van der Waals surface area contributed by atoms with Crippen molar-refractivity contribution < 1.29 is 14.7 Å². The molecule has 0 bridgehead atoms. The maximum absolute atomic E-state index is 12.3. The van der Waals surface area contributed by atoms with Gasteiger partial charge < -0.3 is 31.4 Å². The van der Waals surface area contributed by atoms with Crippen LogP contribution in [0.1, 0.15) is 24.8 Å². The first-order valence-electron chi connectivity index (χ1n) is 9.70. The van der Waals surface area contributed by atoms with Gasteiger partial charge in [0, 0.05) is 48.6 Å². The number of carbonyl (C=O) groups excluding carboxylic acids is 2. The van der Waals surface area contributed by atoms with Gasteiger partial charge in [0.05, 0.1) is 6.42 Å².